The Morgan fingerprint density at radius 1 is 1.36 bits per heavy atom. The van der Waals surface area contributed by atoms with Gasteiger partial charge in [0.05, 0.1) is 11.0 Å². The van der Waals surface area contributed by atoms with Crippen LogP contribution in [0, 0.1) is 6.92 Å². The summed E-state index contributed by atoms with van der Waals surface area (Å²) < 4.78 is 4.90. The minimum Gasteiger partial charge on any atom is -0.360 e. The smallest absolute Gasteiger partial charge is 0.238 e. The summed E-state index contributed by atoms with van der Waals surface area (Å²) in [5, 5.41) is 6.65. The van der Waals surface area contributed by atoms with Crippen LogP contribution in [0.3, 0.4) is 0 Å². The normalized spacial score (nSPS) is 11.8. The van der Waals surface area contributed by atoms with Crippen molar-refractivity contribution in [1.29, 1.82) is 0 Å². The predicted octanol–water partition coefficient (Wildman–Crippen LogP) is 3.36. The first-order chi connectivity index (χ1) is 11.8. The quantitative estimate of drug-likeness (QED) is 0.795. The number of halogens is 1. The number of carbonyl (C=O) groups is 2. The molecule has 0 radical (unpaired) electrons. The number of hydrogen-bond donors (Lipinski definition) is 1. The Hall–Kier alpha value is -1.99. The Labute approximate surface area is 155 Å². The molecule has 1 aromatic carbocycles. The Kier molecular flexibility index (Phi) is 6.90. The van der Waals surface area contributed by atoms with Crippen LogP contribution >= 0.6 is 23.4 Å². The van der Waals surface area contributed by atoms with Gasteiger partial charge in [0.2, 0.25) is 11.8 Å². The van der Waals surface area contributed by atoms with Crippen molar-refractivity contribution in [2.45, 2.75) is 25.6 Å². The molecular formula is C17H20ClN3O3S. The maximum Gasteiger partial charge on any atom is 0.238 e. The summed E-state index contributed by atoms with van der Waals surface area (Å²) in [7, 11) is 1.74. The fraction of sp³-hybridized carbons (Fsp3) is 0.353. The highest BCUT2D eigenvalue weighted by Crippen LogP contribution is 2.16. The van der Waals surface area contributed by atoms with E-state index in [1.165, 1.54) is 11.8 Å². The number of thioether (sulfide) groups is 1. The van der Waals surface area contributed by atoms with Crippen LogP contribution in [0.1, 0.15) is 18.2 Å². The number of carbonyl (C=O) groups excluding carboxylic acids is 2. The SMILES string of the molecule is Cc1cc(NC(=O)C(C)SCC(=O)N(C)Cc2ccc(Cl)cc2)no1. The molecule has 0 bridgehead atoms. The number of hydrogen-bond acceptors (Lipinski definition) is 5. The Morgan fingerprint density at radius 2 is 2.04 bits per heavy atom. The van der Waals surface area contributed by atoms with Gasteiger partial charge in [-0.25, -0.2) is 0 Å². The van der Waals surface area contributed by atoms with E-state index in [0.29, 0.717) is 23.1 Å². The summed E-state index contributed by atoms with van der Waals surface area (Å²) in [6.07, 6.45) is 0. The van der Waals surface area contributed by atoms with Crippen molar-refractivity contribution >= 4 is 41.0 Å². The van der Waals surface area contributed by atoms with Crippen molar-refractivity contribution < 1.29 is 14.1 Å². The molecule has 1 aromatic heterocycles. The third-order valence-corrected chi connectivity index (χ3v) is 4.84. The van der Waals surface area contributed by atoms with Crippen molar-refractivity contribution in [3.8, 4) is 0 Å². The molecule has 1 atom stereocenters. The van der Waals surface area contributed by atoms with Crippen LogP contribution < -0.4 is 5.32 Å². The topological polar surface area (TPSA) is 75.4 Å². The molecule has 1 heterocycles. The highest BCUT2D eigenvalue weighted by atomic mass is 35.5. The average molecular weight is 382 g/mol. The summed E-state index contributed by atoms with van der Waals surface area (Å²) in [6, 6.07) is 8.99. The molecule has 8 heteroatoms. The molecule has 2 aromatic rings. The van der Waals surface area contributed by atoms with E-state index in [1.807, 2.05) is 12.1 Å². The molecule has 0 aliphatic rings. The van der Waals surface area contributed by atoms with Gasteiger partial charge in [-0.3, -0.25) is 9.59 Å². The number of anilines is 1. The van der Waals surface area contributed by atoms with Gasteiger partial charge in [0.1, 0.15) is 5.76 Å². The summed E-state index contributed by atoms with van der Waals surface area (Å²) in [6.45, 7) is 3.99. The van der Waals surface area contributed by atoms with Gasteiger partial charge in [-0.2, -0.15) is 0 Å². The molecule has 1 N–H and O–H groups in total. The number of amides is 2. The third kappa shape index (κ3) is 6.10. The van der Waals surface area contributed by atoms with Crippen LogP contribution in [0.25, 0.3) is 0 Å². The number of nitrogens with zero attached hydrogens (tertiary/aromatic N) is 2. The second-order valence-electron chi connectivity index (χ2n) is 5.64. The summed E-state index contributed by atoms with van der Waals surface area (Å²) in [5.41, 5.74) is 0.998. The minimum atomic E-state index is -0.384. The van der Waals surface area contributed by atoms with Crippen molar-refractivity contribution in [2.75, 3.05) is 18.1 Å². The van der Waals surface area contributed by atoms with Crippen LogP contribution in [0.5, 0.6) is 0 Å². The van der Waals surface area contributed by atoms with Gasteiger partial charge in [-0.05, 0) is 31.5 Å². The van der Waals surface area contributed by atoms with Crippen molar-refractivity contribution in [2.24, 2.45) is 0 Å². The molecular weight excluding hydrogens is 362 g/mol. The molecule has 0 saturated carbocycles. The fourth-order valence-corrected chi connectivity index (χ4v) is 2.94. The van der Waals surface area contributed by atoms with Gasteiger partial charge in [-0.1, -0.05) is 28.9 Å². The largest absolute Gasteiger partial charge is 0.360 e. The van der Waals surface area contributed by atoms with Gasteiger partial charge in [0.25, 0.3) is 0 Å². The van der Waals surface area contributed by atoms with Gasteiger partial charge < -0.3 is 14.7 Å². The zero-order valence-electron chi connectivity index (χ0n) is 14.3. The van der Waals surface area contributed by atoms with Gasteiger partial charge in [-0.15, -0.1) is 11.8 Å². The minimum absolute atomic E-state index is 0.0446. The molecule has 0 saturated heterocycles. The molecule has 2 amide bonds. The lowest BCUT2D eigenvalue weighted by Gasteiger charge is -2.18. The molecule has 0 aliphatic carbocycles. The number of nitrogens with one attached hydrogen (secondary N) is 1. The maximum absolute atomic E-state index is 12.2. The average Bonchev–Trinajstić information content (AvgIpc) is 2.99. The van der Waals surface area contributed by atoms with Gasteiger partial charge in [0.15, 0.2) is 5.82 Å². The first-order valence-corrected chi connectivity index (χ1v) is 9.12. The number of aryl methyl sites for hydroxylation is 1. The molecule has 2 rings (SSSR count). The molecule has 25 heavy (non-hydrogen) atoms. The second-order valence-corrected chi connectivity index (χ2v) is 7.41. The van der Waals surface area contributed by atoms with Crippen molar-refractivity contribution in [3.05, 3.63) is 46.7 Å². The summed E-state index contributed by atoms with van der Waals surface area (Å²) >= 11 is 7.13. The second kappa shape index (κ2) is 8.92. The predicted molar refractivity (Wildman–Crippen MR) is 99.7 cm³/mol. The molecule has 1 unspecified atom stereocenters. The molecule has 134 valence electrons. The summed E-state index contributed by atoms with van der Waals surface area (Å²) in [4.78, 5) is 25.9. The van der Waals surface area contributed by atoms with Crippen LogP contribution in [-0.2, 0) is 16.1 Å². The van der Waals surface area contributed by atoms with Crippen LogP contribution in [0.15, 0.2) is 34.9 Å². The van der Waals surface area contributed by atoms with E-state index in [1.54, 1.807) is 44.0 Å². The van der Waals surface area contributed by atoms with E-state index in [2.05, 4.69) is 10.5 Å². The standard InChI is InChI=1S/C17H20ClN3O3S/c1-11-8-15(20-24-11)19-17(23)12(2)25-10-16(22)21(3)9-13-4-6-14(18)7-5-13/h4-8,12H,9-10H2,1-3H3,(H,19,20,23). The molecule has 6 nitrogen and oxygen atoms in total. The van der Waals surface area contributed by atoms with E-state index in [9.17, 15) is 9.59 Å². The fourth-order valence-electron chi connectivity index (χ4n) is 1.99. The maximum atomic E-state index is 12.2. The number of aromatic nitrogens is 1. The van der Waals surface area contributed by atoms with E-state index in [-0.39, 0.29) is 22.8 Å². The first-order valence-electron chi connectivity index (χ1n) is 7.69. The van der Waals surface area contributed by atoms with Crippen LogP contribution in [0.2, 0.25) is 5.02 Å². The molecule has 0 aliphatic heterocycles. The highest BCUT2D eigenvalue weighted by molar-refractivity contribution is 8.01. The van der Waals surface area contributed by atoms with E-state index < -0.39 is 0 Å². The van der Waals surface area contributed by atoms with Gasteiger partial charge in [0, 0.05) is 24.7 Å². The Balaban J connectivity index is 1.77. The monoisotopic (exact) mass is 381 g/mol. The first kappa shape index (κ1) is 19.3. The van der Waals surface area contributed by atoms with E-state index in [4.69, 9.17) is 16.1 Å². The lowest BCUT2D eigenvalue weighted by Crippen LogP contribution is -2.30. The van der Waals surface area contributed by atoms with Gasteiger partial charge >= 0.3 is 0 Å². The number of benzene rings is 1. The van der Waals surface area contributed by atoms with Crippen molar-refractivity contribution in [1.82, 2.24) is 10.1 Å². The van der Waals surface area contributed by atoms with E-state index >= 15 is 0 Å². The van der Waals surface area contributed by atoms with Crippen LogP contribution in [-0.4, -0.2) is 39.9 Å². The number of rotatable bonds is 7. The lowest BCUT2D eigenvalue weighted by atomic mass is 10.2. The highest BCUT2D eigenvalue weighted by Gasteiger charge is 2.18. The van der Waals surface area contributed by atoms with Crippen LogP contribution in [0.4, 0.5) is 5.82 Å². The van der Waals surface area contributed by atoms with E-state index in [0.717, 1.165) is 5.56 Å². The zero-order valence-corrected chi connectivity index (χ0v) is 15.9. The summed E-state index contributed by atoms with van der Waals surface area (Å²) in [5.74, 6) is 0.954. The zero-order chi connectivity index (χ0) is 18.4. The van der Waals surface area contributed by atoms with Crippen molar-refractivity contribution in [3.63, 3.8) is 0 Å². The molecule has 0 fully saturated rings. The molecule has 0 spiro atoms. The third-order valence-electron chi connectivity index (χ3n) is 3.46. The lowest BCUT2D eigenvalue weighted by molar-refractivity contribution is -0.127. The Morgan fingerprint density at radius 3 is 2.64 bits per heavy atom. The Bertz CT molecular complexity index is 733.